The lowest BCUT2D eigenvalue weighted by atomic mass is 9.87. The van der Waals surface area contributed by atoms with Crippen LogP contribution >= 0.6 is 11.3 Å². The maximum Gasteiger partial charge on any atom is 0.124 e. The Morgan fingerprint density at radius 1 is 1.00 bits per heavy atom. The molecule has 0 spiro atoms. The highest BCUT2D eigenvalue weighted by atomic mass is 32.1. The summed E-state index contributed by atoms with van der Waals surface area (Å²) in [5, 5.41) is 4.67. The topological polar surface area (TPSA) is 12.0 Å². The Morgan fingerprint density at radius 3 is 2.55 bits per heavy atom. The summed E-state index contributed by atoms with van der Waals surface area (Å²) < 4.78 is 14.7. The van der Waals surface area contributed by atoms with Crippen molar-refractivity contribution in [3.8, 4) is 10.4 Å². The van der Waals surface area contributed by atoms with Crippen molar-refractivity contribution in [2.24, 2.45) is 0 Å². The number of rotatable bonds is 2. The molecule has 2 aromatic carbocycles. The minimum absolute atomic E-state index is 0.148. The Morgan fingerprint density at radius 2 is 1.77 bits per heavy atom. The second-order valence-electron chi connectivity index (χ2n) is 5.88. The van der Waals surface area contributed by atoms with Crippen molar-refractivity contribution in [3.63, 3.8) is 0 Å². The van der Waals surface area contributed by atoms with E-state index in [9.17, 15) is 4.39 Å². The first kappa shape index (κ1) is 13.9. The van der Waals surface area contributed by atoms with Crippen molar-refractivity contribution in [2.45, 2.75) is 18.8 Å². The van der Waals surface area contributed by atoms with Crippen LogP contribution < -0.4 is 5.32 Å². The molecule has 0 bridgehead atoms. The number of thiophene rings is 1. The monoisotopic (exact) mass is 311 g/mol. The molecule has 0 atom stereocenters. The van der Waals surface area contributed by atoms with Gasteiger partial charge in [0.1, 0.15) is 5.82 Å². The van der Waals surface area contributed by atoms with Gasteiger partial charge in [0.25, 0.3) is 0 Å². The predicted molar refractivity (Wildman–Crippen MR) is 92.1 cm³/mol. The number of benzene rings is 2. The maximum atomic E-state index is 13.6. The molecule has 1 fully saturated rings. The lowest BCUT2D eigenvalue weighted by Gasteiger charge is -2.24. The predicted octanol–water partition coefficient (Wildman–Crippen LogP) is 5.17. The minimum atomic E-state index is -0.148. The highest BCUT2D eigenvalue weighted by Crippen LogP contribution is 2.44. The highest BCUT2D eigenvalue weighted by molar-refractivity contribution is 7.22. The van der Waals surface area contributed by atoms with Crippen LogP contribution in [0, 0.1) is 5.82 Å². The van der Waals surface area contributed by atoms with Crippen LogP contribution in [-0.2, 0) is 0 Å². The Balaban J connectivity index is 1.93. The van der Waals surface area contributed by atoms with Crippen molar-refractivity contribution in [1.29, 1.82) is 0 Å². The number of piperidine rings is 1. The van der Waals surface area contributed by atoms with Crippen LogP contribution in [0.2, 0.25) is 0 Å². The summed E-state index contributed by atoms with van der Waals surface area (Å²) in [6.45, 7) is 2.13. The van der Waals surface area contributed by atoms with E-state index in [1.165, 1.54) is 21.4 Å². The molecule has 4 rings (SSSR count). The van der Waals surface area contributed by atoms with E-state index < -0.39 is 0 Å². The van der Waals surface area contributed by atoms with E-state index in [0.717, 1.165) is 30.6 Å². The van der Waals surface area contributed by atoms with Gasteiger partial charge >= 0.3 is 0 Å². The fraction of sp³-hybridized carbons (Fsp3) is 0.263. The molecule has 1 saturated heterocycles. The molecule has 0 amide bonds. The second-order valence-corrected chi connectivity index (χ2v) is 6.93. The van der Waals surface area contributed by atoms with Gasteiger partial charge in [0.15, 0.2) is 0 Å². The number of hydrogen-bond donors (Lipinski definition) is 1. The average Bonchev–Trinajstić information content (AvgIpc) is 2.95. The Kier molecular flexibility index (Phi) is 3.68. The largest absolute Gasteiger partial charge is 0.317 e. The van der Waals surface area contributed by atoms with Gasteiger partial charge in [-0.2, -0.15) is 0 Å². The summed E-state index contributed by atoms with van der Waals surface area (Å²) in [5.74, 6) is 0.417. The smallest absolute Gasteiger partial charge is 0.124 e. The zero-order valence-corrected chi connectivity index (χ0v) is 13.1. The van der Waals surface area contributed by atoms with E-state index in [0.29, 0.717) is 5.92 Å². The molecular weight excluding hydrogens is 293 g/mol. The number of fused-ring (bicyclic) bond motifs is 1. The highest BCUT2D eigenvalue weighted by Gasteiger charge is 2.23. The third-order valence-corrected chi connectivity index (χ3v) is 5.69. The maximum absolute atomic E-state index is 13.6. The van der Waals surface area contributed by atoms with Gasteiger partial charge in [-0.3, -0.25) is 0 Å². The molecule has 1 aliphatic heterocycles. The fourth-order valence-corrected chi connectivity index (χ4v) is 4.73. The molecule has 112 valence electrons. The van der Waals surface area contributed by atoms with Crippen molar-refractivity contribution in [3.05, 3.63) is 59.9 Å². The van der Waals surface area contributed by atoms with E-state index in [4.69, 9.17) is 0 Å². The van der Waals surface area contributed by atoms with Crippen LogP contribution in [0.5, 0.6) is 0 Å². The third-order valence-electron chi connectivity index (χ3n) is 4.47. The van der Waals surface area contributed by atoms with E-state index >= 15 is 0 Å². The molecule has 22 heavy (non-hydrogen) atoms. The summed E-state index contributed by atoms with van der Waals surface area (Å²) in [5.41, 5.74) is 2.67. The van der Waals surface area contributed by atoms with Gasteiger partial charge < -0.3 is 5.32 Å². The van der Waals surface area contributed by atoms with Crippen LogP contribution in [0.15, 0.2) is 48.5 Å². The van der Waals surface area contributed by atoms with Crippen molar-refractivity contribution < 1.29 is 4.39 Å². The van der Waals surface area contributed by atoms with Gasteiger partial charge in [-0.05, 0) is 60.5 Å². The first-order valence-corrected chi connectivity index (χ1v) is 8.62. The first-order valence-electron chi connectivity index (χ1n) is 7.81. The number of halogens is 1. The molecule has 3 heteroatoms. The molecule has 0 aliphatic carbocycles. The van der Waals surface area contributed by atoms with Gasteiger partial charge in [0, 0.05) is 9.58 Å². The van der Waals surface area contributed by atoms with Crippen LogP contribution in [0.25, 0.3) is 20.5 Å². The summed E-state index contributed by atoms with van der Waals surface area (Å²) in [4.78, 5) is 1.31. The fourth-order valence-electron chi connectivity index (χ4n) is 3.41. The molecule has 0 unspecified atom stereocenters. The van der Waals surface area contributed by atoms with Gasteiger partial charge in [-0.15, -0.1) is 11.3 Å². The summed E-state index contributed by atoms with van der Waals surface area (Å²) in [6, 6.07) is 15.7. The standard InChI is InChI=1S/C19H18FNS/c20-15-6-7-16-17(12-15)22-19(14-4-2-1-3-5-14)18(16)13-8-10-21-11-9-13/h1-7,12-13,21H,8-11H2. The van der Waals surface area contributed by atoms with E-state index in [2.05, 4.69) is 29.6 Å². The Bertz CT molecular complexity index is 788. The molecule has 3 aromatic rings. The van der Waals surface area contributed by atoms with E-state index in [1.807, 2.05) is 12.1 Å². The molecule has 1 N–H and O–H groups in total. The van der Waals surface area contributed by atoms with Gasteiger partial charge in [-0.1, -0.05) is 36.4 Å². The van der Waals surface area contributed by atoms with Crippen LogP contribution in [0.1, 0.15) is 24.3 Å². The quantitative estimate of drug-likeness (QED) is 0.688. The lowest BCUT2D eigenvalue weighted by molar-refractivity contribution is 0.463. The molecular formula is C19H18FNS. The molecule has 1 aliphatic rings. The van der Waals surface area contributed by atoms with E-state index in [-0.39, 0.29) is 5.82 Å². The summed E-state index contributed by atoms with van der Waals surface area (Å²) in [6.07, 6.45) is 2.31. The number of nitrogens with one attached hydrogen (secondary N) is 1. The van der Waals surface area contributed by atoms with Crippen LogP contribution in [0.3, 0.4) is 0 Å². The van der Waals surface area contributed by atoms with Gasteiger partial charge in [-0.25, -0.2) is 4.39 Å². The lowest BCUT2D eigenvalue weighted by Crippen LogP contribution is -2.26. The SMILES string of the molecule is Fc1ccc2c(C3CCNCC3)c(-c3ccccc3)sc2c1. The van der Waals surface area contributed by atoms with Crippen molar-refractivity contribution in [1.82, 2.24) is 5.32 Å². The van der Waals surface area contributed by atoms with E-state index in [1.54, 1.807) is 23.5 Å². The average molecular weight is 311 g/mol. The summed E-state index contributed by atoms with van der Waals surface area (Å²) in [7, 11) is 0. The molecule has 2 heterocycles. The molecule has 1 aromatic heterocycles. The van der Waals surface area contributed by atoms with Crippen molar-refractivity contribution in [2.75, 3.05) is 13.1 Å². The van der Waals surface area contributed by atoms with Crippen LogP contribution in [-0.4, -0.2) is 13.1 Å². The zero-order valence-electron chi connectivity index (χ0n) is 12.3. The Labute approximate surface area is 133 Å². The minimum Gasteiger partial charge on any atom is -0.317 e. The van der Waals surface area contributed by atoms with Crippen LogP contribution in [0.4, 0.5) is 4.39 Å². The molecule has 0 radical (unpaired) electrons. The van der Waals surface area contributed by atoms with Gasteiger partial charge in [0.05, 0.1) is 0 Å². The molecule has 1 nitrogen and oxygen atoms in total. The first-order chi connectivity index (χ1) is 10.8. The molecule has 0 saturated carbocycles. The normalized spacial score (nSPS) is 16.2. The Hall–Kier alpha value is -1.71. The van der Waals surface area contributed by atoms with Crippen molar-refractivity contribution >= 4 is 21.4 Å². The van der Waals surface area contributed by atoms with Gasteiger partial charge in [0.2, 0.25) is 0 Å². The number of hydrogen-bond acceptors (Lipinski definition) is 2. The third kappa shape index (κ3) is 2.44. The zero-order chi connectivity index (χ0) is 14.9. The second kappa shape index (κ2) is 5.82. The summed E-state index contributed by atoms with van der Waals surface area (Å²) >= 11 is 1.72.